The monoisotopic (exact) mass is 392 g/mol. The van der Waals surface area contributed by atoms with Gasteiger partial charge in [0.05, 0.1) is 0 Å². The van der Waals surface area contributed by atoms with Crippen LogP contribution in [0.4, 0.5) is 8.68 Å². The minimum Gasteiger partial charge on any atom is -0.444 e. The van der Waals surface area contributed by atoms with Crippen molar-refractivity contribution in [2.45, 2.75) is 63.7 Å². The molecule has 1 aliphatic heterocycles. The van der Waals surface area contributed by atoms with Gasteiger partial charge in [-0.2, -0.15) is 8.42 Å². The summed E-state index contributed by atoms with van der Waals surface area (Å²) in [5.41, 5.74) is -0.519. The van der Waals surface area contributed by atoms with Crippen molar-refractivity contribution in [3.63, 3.8) is 0 Å². The van der Waals surface area contributed by atoms with E-state index in [0.717, 1.165) is 25.7 Å². The number of ether oxygens (including phenoxy) is 1. The molecule has 9 heteroatoms. The molecule has 0 aromatic rings. The Balaban J connectivity index is 1.70. The van der Waals surface area contributed by atoms with Crippen molar-refractivity contribution in [1.82, 2.24) is 10.2 Å². The third kappa shape index (κ3) is 6.41. The molecule has 1 heterocycles. The van der Waals surface area contributed by atoms with Crippen molar-refractivity contribution in [3.8, 4) is 0 Å². The highest BCUT2D eigenvalue weighted by atomic mass is 32.3. The summed E-state index contributed by atoms with van der Waals surface area (Å²) in [6.07, 6.45) is 2.98. The van der Waals surface area contributed by atoms with Crippen LogP contribution in [0.3, 0.4) is 0 Å². The fraction of sp³-hybridized carbons (Fsp3) is 0.882. The molecule has 7 nitrogen and oxygen atoms in total. The minimum atomic E-state index is -4.66. The van der Waals surface area contributed by atoms with Gasteiger partial charge >= 0.3 is 16.3 Å². The third-order valence-electron chi connectivity index (χ3n) is 4.96. The zero-order chi connectivity index (χ0) is 19.5. The lowest BCUT2D eigenvalue weighted by molar-refractivity contribution is -0.128. The van der Waals surface area contributed by atoms with Gasteiger partial charge in [-0.15, -0.1) is 3.89 Å². The highest BCUT2D eigenvalue weighted by Crippen LogP contribution is 2.30. The first kappa shape index (κ1) is 20.9. The topological polar surface area (TPSA) is 92.8 Å². The summed E-state index contributed by atoms with van der Waals surface area (Å²) in [5.74, 6) is 0.370. The third-order valence-corrected chi connectivity index (χ3v) is 6.07. The quantitative estimate of drug-likeness (QED) is 0.724. The molecule has 1 atom stereocenters. The van der Waals surface area contributed by atoms with E-state index in [1.165, 1.54) is 4.90 Å². The first-order valence-corrected chi connectivity index (χ1v) is 10.6. The van der Waals surface area contributed by atoms with E-state index in [1.54, 1.807) is 0 Å². The van der Waals surface area contributed by atoms with Crippen molar-refractivity contribution in [3.05, 3.63) is 0 Å². The first-order chi connectivity index (χ1) is 11.9. The fourth-order valence-electron chi connectivity index (χ4n) is 3.57. The summed E-state index contributed by atoms with van der Waals surface area (Å²) in [6, 6.07) is 0. The van der Waals surface area contributed by atoms with E-state index >= 15 is 0 Å². The van der Waals surface area contributed by atoms with E-state index < -0.39 is 27.2 Å². The molecule has 2 fully saturated rings. The van der Waals surface area contributed by atoms with E-state index in [0.29, 0.717) is 19.0 Å². The lowest BCUT2D eigenvalue weighted by atomic mass is 9.82. The predicted molar refractivity (Wildman–Crippen MR) is 94.7 cm³/mol. The van der Waals surface area contributed by atoms with Crippen LogP contribution < -0.4 is 5.32 Å². The van der Waals surface area contributed by atoms with Crippen LogP contribution in [-0.2, 0) is 19.8 Å². The number of alkyl carbamates (subject to hydrolysis) is 1. The first-order valence-electron chi connectivity index (χ1n) is 9.12. The van der Waals surface area contributed by atoms with Gasteiger partial charge in [-0.1, -0.05) is 0 Å². The second-order valence-corrected chi connectivity index (χ2v) is 9.99. The van der Waals surface area contributed by atoms with Gasteiger partial charge < -0.3 is 15.0 Å². The number of hydrogen-bond acceptors (Lipinski definition) is 5. The van der Waals surface area contributed by atoms with Crippen LogP contribution in [0, 0.1) is 11.8 Å². The van der Waals surface area contributed by atoms with Crippen LogP contribution in [0.2, 0.25) is 0 Å². The van der Waals surface area contributed by atoms with Crippen molar-refractivity contribution < 1.29 is 26.6 Å². The molecule has 2 aliphatic rings. The Morgan fingerprint density at radius 2 is 1.81 bits per heavy atom. The second kappa shape index (κ2) is 8.10. The summed E-state index contributed by atoms with van der Waals surface area (Å²) >= 11 is 0. The lowest BCUT2D eigenvalue weighted by Crippen LogP contribution is -2.37. The van der Waals surface area contributed by atoms with Gasteiger partial charge in [-0.25, -0.2) is 4.79 Å². The maximum absolute atomic E-state index is 13.1. The molecule has 1 aliphatic carbocycles. The summed E-state index contributed by atoms with van der Waals surface area (Å²) in [5, 5.41) is 1.57. The number of amides is 2. The zero-order valence-electron chi connectivity index (χ0n) is 15.7. The minimum absolute atomic E-state index is 0.0439. The molecule has 0 spiro atoms. The molecule has 0 radical (unpaired) electrons. The number of halogens is 1. The normalized spacial score (nSPS) is 27.5. The Morgan fingerprint density at radius 3 is 2.31 bits per heavy atom. The molecular formula is C17H29FN2O5S. The van der Waals surface area contributed by atoms with Gasteiger partial charge in [-0.05, 0) is 58.3 Å². The van der Waals surface area contributed by atoms with E-state index in [1.807, 2.05) is 20.8 Å². The van der Waals surface area contributed by atoms with Gasteiger partial charge in [0.2, 0.25) is 5.91 Å². The Morgan fingerprint density at radius 1 is 1.23 bits per heavy atom. The Bertz CT molecular complexity index is 624. The van der Waals surface area contributed by atoms with Crippen LogP contribution >= 0.6 is 0 Å². The zero-order valence-corrected chi connectivity index (χ0v) is 16.5. The summed E-state index contributed by atoms with van der Waals surface area (Å²) in [7, 11) is -4.66. The Hall–Kier alpha value is -1.38. The molecule has 1 saturated carbocycles. The average Bonchev–Trinajstić information content (AvgIpc) is 2.86. The maximum atomic E-state index is 13.1. The van der Waals surface area contributed by atoms with Crippen molar-refractivity contribution >= 4 is 22.2 Å². The highest BCUT2D eigenvalue weighted by molar-refractivity contribution is 7.87. The van der Waals surface area contributed by atoms with Gasteiger partial charge in [0, 0.05) is 26.1 Å². The molecule has 2 amide bonds. The maximum Gasteiger partial charge on any atom is 0.407 e. The molecular weight excluding hydrogens is 363 g/mol. The van der Waals surface area contributed by atoms with E-state index in [4.69, 9.17) is 4.74 Å². The van der Waals surface area contributed by atoms with Crippen molar-refractivity contribution in [2.24, 2.45) is 11.8 Å². The SMILES string of the molecule is CC(C)(C)OC(=O)NCC1CCC(CN2CC(S(=O)(=O)F)CC2=O)CC1. The van der Waals surface area contributed by atoms with Crippen molar-refractivity contribution in [2.75, 3.05) is 19.6 Å². The lowest BCUT2D eigenvalue weighted by Gasteiger charge is -2.31. The standard InChI is InChI=1S/C17H29FN2O5S/c1-17(2,3)25-16(22)19-9-12-4-6-13(7-5-12)10-20-11-14(8-15(20)21)26(18,23)24/h12-14H,4-11H2,1-3H3,(H,19,22). The predicted octanol–water partition coefficient (Wildman–Crippen LogP) is 2.22. The van der Waals surface area contributed by atoms with Gasteiger partial charge in [0.25, 0.3) is 0 Å². The van der Waals surface area contributed by atoms with E-state index in [2.05, 4.69) is 5.32 Å². The number of rotatable bonds is 5. The smallest absolute Gasteiger partial charge is 0.407 e. The van der Waals surface area contributed by atoms with Crippen LogP contribution in [0.25, 0.3) is 0 Å². The number of nitrogens with one attached hydrogen (secondary N) is 1. The van der Waals surface area contributed by atoms with Crippen molar-refractivity contribution in [1.29, 1.82) is 0 Å². The summed E-state index contributed by atoms with van der Waals surface area (Å²) < 4.78 is 40.3. The van der Waals surface area contributed by atoms with Crippen LogP contribution in [-0.4, -0.2) is 55.8 Å². The van der Waals surface area contributed by atoms with Crippen LogP contribution in [0.5, 0.6) is 0 Å². The number of likely N-dealkylation sites (tertiary alicyclic amines) is 1. The number of nitrogens with zero attached hydrogens (tertiary/aromatic N) is 1. The molecule has 0 aromatic heterocycles. The van der Waals surface area contributed by atoms with E-state index in [9.17, 15) is 21.9 Å². The number of hydrogen-bond donors (Lipinski definition) is 1. The van der Waals surface area contributed by atoms with Gasteiger partial charge in [0.1, 0.15) is 10.9 Å². The molecule has 1 unspecified atom stereocenters. The molecule has 1 N–H and O–H groups in total. The molecule has 150 valence electrons. The molecule has 0 bridgehead atoms. The molecule has 0 aromatic carbocycles. The summed E-state index contributed by atoms with van der Waals surface area (Å²) in [4.78, 5) is 25.1. The summed E-state index contributed by atoms with van der Waals surface area (Å²) in [6.45, 7) is 6.45. The van der Waals surface area contributed by atoms with Crippen LogP contribution in [0.1, 0.15) is 52.9 Å². The molecule has 26 heavy (non-hydrogen) atoms. The number of carbonyl (C=O) groups is 2. The average molecular weight is 392 g/mol. The Labute approximate surface area is 154 Å². The fourth-order valence-corrected chi connectivity index (χ4v) is 4.27. The van der Waals surface area contributed by atoms with Gasteiger partial charge in [-0.3, -0.25) is 4.79 Å². The highest BCUT2D eigenvalue weighted by Gasteiger charge is 2.39. The molecule has 1 saturated heterocycles. The molecule has 2 rings (SSSR count). The van der Waals surface area contributed by atoms with Crippen LogP contribution in [0.15, 0.2) is 0 Å². The number of carbonyl (C=O) groups excluding carboxylic acids is 2. The van der Waals surface area contributed by atoms with E-state index in [-0.39, 0.29) is 24.8 Å². The Kier molecular flexibility index (Phi) is 6.52. The van der Waals surface area contributed by atoms with Gasteiger partial charge in [0.15, 0.2) is 0 Å². The second-order valence-electron chi connectivity index (χ2n) is 8.37. The largest absolute Gasteiger partial charge is 0.444 e.